The van der Waals surface area contributed by atoms with E-state index in [-0.39, 0.29) is 18.5 Å². The van der Waals surface area contributed by atoms with Crippen molar-refractivity contribution in [2.45, 2.75) is 25.8 Å². The maximum atomic E-state index is 9.33. The molecule has 0 saturated carbocycles. The number of rotatable bonds is 3. The average molecular weight is 249 g/mol. The van der Waals surface area contributed by atoms with Gasteiger partial charge in [-0.25, -0.2) is 0 Å². The summed E-state index contributed by atoms with van der Waals surface area (Å²) in [6.45, 7) is 3.08. The van der Waals surface area contributed by atoms with Crippen molar-refractivity contribution >= 4 is 11.5 Å². The van der Waals surface area contributed by atoms with Gasteiger partial charge in [0.15, 0.2) is 5.84 Å². The number of aliphatic hydroxyl groups excluding tert-OH is 1. The Labute approximate surface area is 107 Å². The number of anilines is 1. The van der Waals surface area contributed by atoms with E-state index in [0.29, 0.717) is 0 Å². The molecule has 0 aromatic heterocycles. The van der Waals surface area contributed by atoms with Crippen LogP contribution in [0, 0.1) is 6.92 Å². The lowest BCUT2D eigenvalue weighted by Crippen LogP contribution is -2.32. The fraction of sp³-hybridized carbons (Fsp3) is 0.462. The Bertz CT molecular complexity index is 460. The third-order valence-electron chi connectivity index (χ3n) is 3.51. The average Bonchev–Trinajstić information content (AvgIpc) is 2.86. The van der Waals surface area contributed by atoms with Crippen LogP contribution in [0.25, 0.3) is 0 Å². The number of hydrogen-bond acceptors (Lipinski definition) is 4. The second kappa shape index (κ2) is 5.27. The molecule has 0 radical (unpaired) electrons. The highest BCUT2D eigenvalue weighted by Gasteiger charge is 2.24. The number of nitrogens with two attached hydrogens (primary N) is 1. The summed E-state index contributed by atoms with van der Waals surface area (Å²) in [6, 6.07) is 6.03. The Morgan fingerprint density at radius 1 is 1.56 bits per heavy atom. The maximum absolute atomic E-state index is 9.33. The van der Waals surface area contributed by atoms with Gasteiger partial charge in [0, 0.05) is 17.8 Å². The Kier molecular flexibility index (Phi) is 3.72. The van der Waals surface area contributed by atoms with Gasteiger partial charge in [-0.3, -0.25) is 0 Å². The van der Waals surface area contributed by atoms with Gasteiger partial charge < -0.3 is 20.9 Å². The van der Waals surface area contributed by atoms with Crippen LogP contribution in [0.3, 0.4) is 0 Å². The van der Waals surface area contributed by atoms with Crippen molar-refractivity contribution in [3.8, 4) is 0 Å². The smallest absolute Gasteiger partial charge is 0.170 e. The summed E-state index contributed by atoms with van der Waals surface area (Å²) in [5.41, 5.74) is 8.38. The summed E-state index contributed by atoms with van der Waals surface area (Å²) in [5.74, 6) is 0.124. The van der Waals surface area contributed by atoms with E-state index in [1.54, 1.807) is 0 Å². The predicted octanol–water partition coefficient (Wildman–Crippen LogP) is 1.05. The third-order valence-corrected chi connectivity index (χ3v) is 3.51. The topological polar surface area (TPSA) is 82.1 Å². The molecule has 5 nitrogen and oxygen atoms in total. The number of benzene rings is 1. The summed E-state index contributed by atoms with van der Waals surface area (Å²) in [5, 5.41) is 21.0. The van der Waals surface area contributed by atoms with Crippen LogP contribution in [0.15, 0.2) is 23.4 Å². The quantitative estimate of drug-likeness (QED) is 0.324. The molecule has 1 aliphatic heterocycles. The van der Waals surface area contributed by atoms with Gasteiger partial charge in [-0.2, -0.15) is 0 Å². The third kappa shape index (κ3) is 2.26. The highest BCUT2D eigenvalue weighted by Crippen LogP contribution is 2.27. The zero-order valence-electron chi connectivity index (χ0n) is 10.5. The molecule has 2 rings (SSSR count). The molecule has 1 fully saturated rings. The van der Waals surface area contributed by atoms with E-state index in [4.69, 9.17) is 10.9 Å². The number of hydrogen-bond donors (Lipinski definition) is 3. The molecular formula is C13H19N3O2. The summed E-state index contributed by atoms with van der Waals surface area (Å²) >= 11 is 0. The van der Waals surface area contributed by atoms with Gasteiger partial charge in [0.1, 0.15) is 0 Å². The first-order valence-corrected chi connectivity index (χ1v) is 6.13. The molecule has 5 heteroatoms. The van der Waals surface area contributed by atoms with Crippen LogP contribution in [-0.2, 0) is 0 Å². The van der Waals surface area contributed by atoms with Crippen molar-refractivity contribution in [3.63, 3.8) is 0 Å². The monoisotopic (exact) mass is 249 g/mol. The molecule has 0 spiro atoms. The zero-order chi connectivity index (χ0) is 13.1. The van der Waals surface area contributed by atoms with Crippen LogP contribution in [0.5, 0.6) is 0 Å². The van der Waals surface area contributed by atoms with Crippen molar-refractivity contribution in [1.29, 1.82) is 0 Å². The lowest BCUT2D eigenvalue weighted by atomic mass is 10.1. The van der Waals surface area contributed by atoms with Gasteiger partial charge in [-0.05, 0) is 43.5 Å². The molecule has 0 amide bonds. The summed E-state index contributed by atoms with van der Waals surface area (Å²) in [4.78, 5) is 2.21. The number of aryl methyl sites for hydroxylation is 1. The Hall–Kier alpha value is -1.75. The van der Waals surface area contributed by atoms with Gasteiger partial charge in [-0.1, -0.05) is 5.16 Å². The van der Waals surface area contributed by atoms with Crippen molar-refractivity contribution in [2.24, 2.45) is 10.9 Å². The van der Waals surface area contributed by atoms with Crippen LogP contribution < -0.4 is 10.6 Å². The van der Waals surface area contributed by atoms with Crippen LogP contribution in [-0.4, -0.2) is 35.3 Å². The van der Waals surface area contributed by atoms with Crippen LogP contribution in [0.4, 0.5) is 5.69 Å². The Morgan fingerprint density at radius 2 is 2.33 bits per heavy atom. The summed E-state index contributed by atoms with van der Waals surface area (Å²) in [6.07, 6.45) is 2.13. The van der Waals surface area contributed by atoms with E-state index in [2.05, 4.69) is 10.1 Å². The van der Waals surface area contributed by atoms with Crippen LogP contribution >= 0.6 is 0 Å². The van der Waals surface area contributed by atoms with Crippen molar-refractivity contribution in [2.75, 3.05) is 18.1 Å². The molecule has 1 unspecified atom stereocenters. The second-order valence-corrected chi connectivity index (χ2v) is 4.66. The predicted molar refractivity (Wildman–Crippen MR) is 71.1 cm³/mol. The molecule has 0 aliphatic carbocycles. The largest absolute Gasteiger partial charge is 0.409 e. The lowest BCUT2D eigenvalue weighted by molar-refractivity contribution is 0.266. The molecule has 18 heavy (non-hydrogen) atoms. The SMILES string of the molecule is Cc1cc(N2CCCC2CO)ccc1/C(N)=N/O. The van der Waals surface area contributed by atoms with Gasteiger partial charge >= 0.3 is 0 Å². The van der Waals surface area contributed by atoms with Crippen molar-refractivity contribution < 1.29 is 10.3 Å². The molecule has 0 bridgehead atoms. The molecule has 4 N–H and O–H groups in total. The fourth-order valence-corrected chi connectivity index (χ4v) is 2.53. The normalized spacial score (nSPS) is 20.4. The number of amidine groups is 1. The summed E-state index contributed by atoms with van der Waals surface area (Å²) < 4.78 is 0. The van der Waals surface area contributed by atoms with Crippen molar-refractivity contribution in [1.82, 2.24) is 0 Å². The maximum Gasteiger partial charge on any atom is 0.170 e. The van der Waals surface area contributed by atoms with Crippen LogP contribution in [0.1, 0.15) is 24.0 Å². The zero-order valence-corrected chi connectivity index (χ0v) is 10.5. The Balaban J connectivity index is 2.29. The van der Waals surface area contributed by atoms with Gasteiger partial charge in [0.2, 0.25) is 0 Å². The number of aliphatic hydroxyl groups is 1. The molecule has 1 saturated heterocycles. The van der Waals surface area contributed by atoms with E-state index in [0.717, 1.165) is 36.2 Å². The molecule has 1 atom stereocenters. The van der Waals surface area contributed by atoms with E-state index in [1.807, 2.05) is 25.1 Å². The van der Waals surface area contributed by atoms with Crippen molar-refractivity contribution in [3.05, 3.63) is 29.3 Å². The second-order valence-electron chi connectivity index (χ2n) is 4.66. The first kappa shape index (κ1) is 12.7. The minimum Gasteiger partial charge on any atom is -0.409 e. The standard InChI is InChI=1S/C13H19N3O2/c1-9-7-10(4-5-12(9)13(14)15-18)16-6-2-3-11(16)8-17/h4-5,7,11,17-18H,2-3,6,8H2,1H3,(H2,14,15). The molecule has 1 aliphatic rings. The first-order chi connectivity index (χ1) is 8.67. The highest BCUT2D eigenvalue weighted by atomic mass is 16.4. The van der Waals surface area contributed by atoms with E-state index >= 15 is 0 Å². The molecule has 1 heterocycles. The van der Waals surface area contributed by atoms with Gasteiger partial charge in [0.05, 0.1) is 12.6 Å². The molecule has 98 valence electrons. The van der Waals surface area contributed by atoms with Gasteiger partial charge in [-0.15, -0.1) is 0 Å². The summed E-state index contributed by atoms with van der Waals surface area (Å²) in [7, 11) is 0. The number of nitrogens with zero attached hydrogens (tertiary/aromatic N) is 2. The molecule has 1 aromatic carbocycles. The fourth-order valence-electron chi connectivity index (χ4n) is 2.53. The Morgan fingerprint density at radius 3 is 2.94 bits per heavy atom. The minimum atomic E-state index is 0.124. The van der Waals surface area contributed by atoms with E-state index < -0.39 is 0 Å². The molecular weight excluding hydrogens is 230 g/mol. The minimum absolute atomic E-state index is 0.124. The molecule has 1 aromatic rings. The van der Waals surface area contributed by atoms with E-state index in [1.165, 1.54) is 0 Å². The number of oxime groups is 1. The lowest BCUT2D eigenvalue weighted by Gasteiger charge is -2.26. The highest BCUT2D eigenvalue weighted by molar-refractivity contribution is 5.98. The van der Waals surface area contributed by atoms with Crippen LogP contribution in [0.2, 0.25) is 0 Å². The van der Waals surface area contributed by atoms with Gasteiger partial charge in [0.25, 0.3) is 0 Å². The first-order valence-electron chi connectivity index (χ1n) is 6.13. The van der Waals surface area contributed by atoms with E-state index in [9.17, 15) is 5.11 Å².